The minimum absolute atomic E-state index is 0.144. The molecule has 0 aliphatic carbocycles. The van der Waals surface area contributed by atoms with E-state index in [-0.39, 0.29) is 12.1 Å². The minimum atomic E-state index is -0.144. The van der Waals surface area contributed by atoms with Crippen LogP contribution in [0.3, 0.4) is 0 Å². The standard InChI is InChI=1S/C12H14O3/c13-12(15-9-11-8-14-11)7-6-10-4-2-1-3-5-10/h1-5,11H,6-9H2. The van der Waals surface area contributed by atoms with Crippen LogP contribution in [-0.2, 0) is 20.7 Å². The van der Waals surface area contributed by atoms with E-state index in [1.807, 2.05) is 30.3 Å². The van der Waals surface area contributed by atoms with Gasteiger partial charge in [-0.3, -0.25) is 4.79 Å². The van der Waals surface area contributed by atoms with Crippen LogP contribution in [0.15, 0.2) is 30.3 Å². The molecule has 1 saturated heterocycles. The van der Waals surface area contributed by atoms with Crippen molar-refractivity contribution in [2.24, 2.45) is 0 Å². The molecule has 15 heavy (non-hydrogen) atoms. The Bertz CT molecular complexity index is 317. The summed E-state index contributed by atoms with van der Waals surface area (Å²) in [5.74, 6) is -0.144. The maximum absolute atomic E-state index is 11.3. The summed E-state index contributed by atoms with van der Waals surface area (Å²) in [5.41, 5.74) is 1.16. The van der Waals surface area contributed by atoms with Crippen molar-refractivity contribution in [3.05, 3.63) is 35.9 Å². The first-order valence-electron chi connectivity index (χ1n) is 5.16. The van der Waals surface area contributed by atoms with Crippen molar-refractivity contribution in [2.45, 2.75) is 18.9 Å². The summed E-state index contributed by atoms with van der Waals surface area (Å²) < 4.78 is 9.97. The molecule has 1 unspecified atom stereocenters. The Kier molecular flexibility index (Phi) is 3.35. The second-order valence-corrected chi connectivity index (χ2v) is 3.62. The van der Waals surface area contributed by atoms with Crippen LogP contribution in [0.5, 0.6) is 0 Å². The first-order chi connectivity index (χ1) is 7.34. The fourth-order valence-corrected chi connectivity index (χ4v) is 1.31. The van der Waals surface area contributed by atoms with E-state index < -0.39 is 0 Å². The van der Waals surface area contributed by atoms with Gasteiger partial charge in [-0.25, -0.2) is 0 Å². The van der Waals surface area contributed by atoms with Crippen LogP contribution in [0.1, 0.15) is 12.0 Å². The highest BCUT2D eigenvalue weighted by Gasteiger charge is 2.23. The molecular weight excluding hydrogens is 192 g/mol. The number of ether oxygens (including phenoxy) is 2. The average molecular weight is 206 g/mol. The molecule has 3 heteroatoms. The third-order valence-corrected chi connectivity index (χ3v) is 2.29. The van der Waals surface area contributed by atoms with Gasteiger partial charge in [0.2, 0.25) is 0 Å². The molecule has 1 aromatic carbocycles. The van der Waals surface area contributed by atoms with Crippen molar-refractivity contribution in [1.82, 2.24) is 0 Å². The molecule has 3 nitrogen and oxygen atoms in total. The van der Waals surface area contributed by atoms with Gasteiger partial charge in [-0.1, -0.05) is 30.3 Å². The van der Waals surface area contributed by atoms with E-state index in [0.717, 1.165) is 18.6 Å². The molecule has 0 spiro atoms. The topological polar surface area (TPSA) is 38.8 Å². The second-order valence-electron chi connectivity index (χ2n) is 3.62. The Labute approximate surface area is 89.0 Å². The Hall–Kier alpha value is -1.35. The zero-order chi connectivity index (χ0) is 10.5. The van der Waals surface area contributed by atoms with Crippen LogP contribution in [0.4, 0.5) is 0 Å². The van der Waals surface area contributed by atoms with Crippen molar-refractivity contribution in [3.8, 4) is 0 Å². The van der Waals surface area contributed by atoms with E-state index in [4.69, 9.17) is 9.47 Å². The van der Waals surface area contributed by atoms with E-state index in [1.165, 1.54) is 0 Å². The summed E-state index contributed by atoms with van der Waals surface area (Å²) in [6.07, 6.45) is 1.34. The number of benzene rings is 1. The number of epoxide rings is 1. The Balaban J connectivity index is 1.66. The van der Waals surface area contributed by atoms with Crippen LogP contribution in [-0.4, -0.2) is 25.3 Å². The molecule has 2 rings (SSSR count). The highest BCUT2D eigenvalue weighted by atomic mass is 16.6. The van der Waals surface area contributed by atoms with Gasteiger partial charge >= 0.3 is 5.97 Å². The van der Waals surface area contributed by atoms with Crippen molar-refractivity contribution in [1.29, 1.82) is 0 Å². The smallest absolute Gasteiger partial charge is 0.306 e. The highest BCUT2D eigenvalue weighted by molar-refractivity contribution is 5.69. The Morgan fingerprint density at radius 1 is 1.40 bits per heavy atom. The summed E-state index contributed by atoms with van der Waals surface area (Å²) >= 11 is 0. The molecule has 0 N–H and O–H groups in total. The number of carbonyl (C=O) groups excluding carboxylic acids is 1. The van der Waals surface area contributed by atoms with E-state index in [9.17, 15) is 4.79 Å². The number of rotatable bonds is 5. The lowest BCUT2D eigenvalue weighted by molar-refractivity contribution is -0.144. The number of aryl methyl sites for hydroxylation is 1. The highest BCUT2D eigenvalue weighted by Crippen LogP contribution is 2.09. The average Bonchev–Trinajstić information content (AvgIpc) is 3.09. The van der Waals surface area contributed by atoms with Gasteiger partial charge in [0.15, 0.2) is 0 Å². The van der Waals surface area contributed by atoms with E-state index in [1.54, 1.807) is 0 Å². The van der Waals surface area contributed by atoms with Crippen LogP contribution >= 0.6 is 0 Å². The lowest BCUT2D eigenvalue weighted by Gasteiger charge is -2.02. The van der Waals surface area contributed by atoms with E-state index >= 15 is 0 Å². The SMILES string of the molecule is O=C(CCc1ccccc1)OCC1CO1. The molecule has 0 saturated carbocycles. The predicted octanol–water partition coefficient (Wildman–Crippen LogP) is 1.56. The summed E-state index contributed by atoms with van der Waals surface area (Å²) in [6, 6.07) is 9.93. The third kappa shape index (κ3) is 3.72. The van der Waals surface area contributed by atoms with Gasteiger partial charge in [-0.2, -0.15) is 0 Å². The van der Waals surface area contributed by atoms with Crippen LogP contribution in [0.2, 0.25) is 0 Å². The number of hydrogen-bond donors (Lipinski definition) is 0. The molecule has 0 amide bonds. The molecule has 80 valence electrons. The molecule has 0 bridgehead atoms. The lowest BCUT2D eigenvalue weighted by atomic mass is 10.1. The summed E-state index contributed by atoms with van der Waals surface area (Å²) in [7, 11) is 0. The minimum Gasteiger partial charge on any atom is -0.463 e. The number of carbonyl (C=O) groups is 1. The maximum atomic E-state index is 11.3. The molecule has 0 aromatic heterocycles. The summed E-state index contributed by atoms with van der Waals surface area (Å²) in [6.45, 7) is 1.14. The quantitative estimate of drug-likeness (QED) is 0.542. The Morgan fingerprint density at radius 2 is 2.13 bits per heavy atom. The molecule has 1 fully saturated rings. The Morgan fingerprint density at radius 3 is 2.80 bits per heavy atom. The molecular formula is C12H14O3. The zero-order valence-electron chi connectivity index (χ0n) is 8.52. The summed E-state index contributed by atoms with van der Waals surface area (Å²) in [5, 5.41) is 0. The van der Waals surface area contributed by atoms with Crippen molar-refractivity contribution < 1.29 is 14.3 Å². The van der Waals surface area contributed by atoms with E-state index in [0.29, 0.717) is 13.0 Å². The van der Waals surface area contributed by atoms with Crippen molar-refractivity contribution in [2.75, 3.05) is 13.2 Å². The molecule has 1 atom stereocenters. The molecule has 1 aliphatic heterocycles. The van der Waals surface area contributed by atoms with Crippen LogP contribution in [0.25, 0.3) is 0 Å². The first kappa shape index (κ1) is 10.2. The van der Waals surface area contributed by atoms with Gasteiger partial charge in [0.05, 0.1) is 6.61 Å². The van der Waals surface area contributed by atoms with Gasteiger partial charge in [0.25, 0.3) is 0 Å². The monoisotopic (exact) mass is 206 g/mol. The fraction of sp³-hybridized carbons (Fsp3) is 0.417. The maximum Gasteiger partial charge on any atom is 0.306 e. The van der Waals surface area contributed by atoms with Gasteiger partial charge in [-0.05, 0) is 12.0 Å². The van der Waals surface area contributed by atoms with E-state index in [2.05, 4.69) is 0 Å². The third-order valence-electron chi connectivity index (χ3n) is 2.29. The molecule has 0 radical (unpaired) electrons. The zero-order valence-corrected chi connectivity index (χ0v) is 8.52. The largest absolute Gasteiger partial charge is 0.463 e. The molecule has 1 aliphatic rings. The van der Waals surface area contributed by atoms with Crippen molar-refractivity contribution >= 4 is 5.97 Å². The predicted molar refractivity (Wildman–Crippen MR) is 55.5 cm³/mol. The second kappa shape index (κ2) is 4.94. The van der Waals surface area contributed by atoms with Gasteiger partial charge in [-0.15, -0.1) is 0 Å². The van der Waals surface area contributed by atoms with Crippen LogP contribution in [0, 0.1) is 0 Å². The van der Waals surface area contributed by atoms with Crippen LogP contribution < -0.4 is 0 Å². The number of esters is 1. The van der Waals surface area contributed by atoms with Gasteiger partial charge in [0.1, 0.15) is 12.7 Å². The van der Waals surface area contributed by atoms with Gasteiger partial charge in [0, 0.05) is 6.42 Å². The van der Waals surface area contributed by atoms with Crippen molar-refractivity contribution in [3.63, 3.8) is 0 Å². The number of hydrogen-bond acceptors (Lipinski definition) is 3. The van der Waals surface area contributed by atoms with Gasteiger partial charge < -0.3 is 9.47 Å². The fourth-order valence-electron chi connectivity index (χ4n) is 1.31. The first-order valence-corrected chi connectivity index (χ1v) is 5.16. The normalized spacial score (nSPS) is 18.5. The lowest BCUT2D eigenvalue weighted by Crippen LogP contribution is -2.10. The summed E-state index contributed by atoms with van der Waals surface area (Å²) in [4.78, 5) is 11.3. The molecule has 1 heterocycles. The molecule has 1 aromatic rings.